The number of carbonyl (C=O) groups excluding carboxylic acids is 2. The number of furan rings is 1. The lowest BCUT2D eigenvalue weighted by Gasteiger charge is -2.28. The molecule has 0 saturated carbocycles. The first-order valence-electron chi connectivity index (χ1n) is 12.6. The summed E-state index contributed by atoms with van der Waals surface area (Å²) < 4.78 is 50.2. The van der Waals surface area contributed by atoms with E-state index >= 15 is 0 Å². The second kappa shape index (κ2) is 12.8. The second-order valence-electron chi connectivity index (χ2n) is 9.02. The number of amides is 2. The van der Waals surface area contributed by atoms with E-state index in [0.717, 1.165) is 17.7 Å². The van der Waals surface area contributed by atoms with Gasteiger partial charge in [-0.15, -0.1) is 0 Å². The SMILES string of the molecule is CCN(Nc1ccc(OC)cc1)C(=O)C(Cc1ccc(Cl)cc1)NC(=O)c1ccc(-c2cccc(C(F)(F)F)c2)o1. The summed E-state index contributed by atoms with van der Waals surface area (Å²) in [7, 11) is 1.55. The van der Waals surface area contributed by atoms with E-state index in [4.69, 9.17) is 20.8 Å². The molecule has 2 N–H and O–H groups in total. The minimum absolute atomic E-state index is 0.0817. The molecule has 0 aliphatic rings. The summed E-state index contributed by atoms with van der Waals surface area (Å²) in [6.45, 7) is 2.06. The number of hydrogen-bond donors (Lipinski definition) is 2. The highest BCUT2D eigenvalue weighted by atomic mass is 35.5. The molecule has 2 amide bonds. The van der Waals surface area contributed by atoms with E-state index < -0.39 is 29.6 Å². The predicted octanol–water partition coefficient (Wildman–Crippen LogP) is 6.84. The normalized spacial score (nSPS) is 12.0. The summed E-state index contributed by atoms with van der Waals surface area (Å²) in [6.07, 6.45) is -4.38. The van der Waals surface area contributed by atoms with Crippen LogP contribution in [0.1, 0.15) is 28.6 Å². The molecule has 3 aromatic carbocycles. The standard InChI is InChI=1S/C30H27ClF3N3O4/c1-3-37(36-23-11-13-24(40-2)14-12-23)29(39)25(17-19-7-9-22(31)10-8-19)35-28(38)27-16-15-26(41-27)20-5-4-6-21(18-20)30(32,33)34/h4-16,18,25,36H,3,17H2,1-2H3,(H,35,38). The van der Waals surface area contributed by atoms with Crippen LogP contribution in [0.15, 0.2) is 89.3 Å². The monoisotopic (exact) mass is 585 g/mol. The third kappa shape index (κ3) is 7.61. The quantitative estimate of drug-likeness (QED) is 0.199. The molecule has 11 heteroatoms. The maximum atomic E-state index is 13.7. The Balaban J connectivity index is 1.56. The zero-order valence-corrected chi connectivity index (χ0v) is 22.9. The zero-order chi connectivity index (χ0) is 29.6. The average molecular weight is 586 g/mol. The minimum Gasteiger partial charge on any atom is -0.497 e. The molecule has 0 aliphatic heterocycles. The van der Waals surface area contributed by atoms with Gasteiger partial charge in [-0.1, -0.05) is 35.9 Å². The molecule has 1 atom stereocenters. The molecule has 0 bridgehead atoms. The van der Waals surface area contributed by atoms with Crippen LogP contribution >= 0.6 is 11.6 Å². The zero-order valence-electron chi connectivity index (χ0n) is 22.2. The van der Waals surface area contributed by atoms with Crippen molar-refractivity contribution in [1.82, 2.24) is 10.3 Å². The maximum absolute atomic E-state index is 13.7. The van der Waals surface area contributed by atoms with Crippen molar-refractivity contribution in [3.05, 3.63) is 107 Å². The Morgan fingerprint density at radius 2 is 1.71 bits per heavy atom. The van der Waals surface area contributed by atoms with Crippen LogP contribution in [0.4, 0.5) is 18.9 Å². The number of alkyl halides is 3. The van der Waals surface area contributed by atoms with Gasteiger partial charge in [0.25, 0.3) is 11.8 Å². The fourth-order valence-corrected chi connectivity index (χ4v) is 4.17. The van der Waals surface area contributed by atoms with E-state index in [1.807, 2.05) is 0 Å². The highest BCUT2D eigenvalue weighted by Gasteiger charge is 2.31. The summed E-state index contributed by atoms with van der Waals surface area (Å²) in [4.78, 5) is 26.9. The molecule has 0 radical (unpaired) electrons. The van der Waals surface area contributed by atoms with E-state index in [9.17, 15) is 22.8 Å². The molecule has 0 aliphatic carbocycles. The summed E-state index contributed by atoms with van der Waals surface area (Å²) in [5.74, 6) is -0.538. The van der Waals surface area contributed by atoms with Crippen LogP contribution in [0.2, 0.25) is 5.02 Å². The number of nitrogens with one attached hydrogen (secondary N) is 2. The summed E-state index contributed by atoms with van der Waals surface area (Å²) >= 11 is 6.01. The Kier molecular flexibility index (Phi) is 9.24. The Bertz CT molecular complexity index is 1490. The van der Waals surface area contributed by atoms with E-state index in [1.165, 1.54) is 29.3 Å². The molecule has 214 valence electrons. The maximum Gasteiger partial charge on any atom is 0.416 e. The largest absolute Gasteiger partial charge is 0.497 e. The Morgan fingerprint density at radius 1 is 1.00 bits per heavy atom. The van der Waals surface area contributed by atoms with Gasteiger partial charge in [0.2, 0.25) is 0 Å². The van der Waals surface area contributed by atoms with E-state index in [1.54, 1.807) is 62.6 Å². The van der Waals surface area contributed by atoms with Crippen LogP contribution in [0.3, 0.4) is 0 Å². The fourth-order valence-electron chi connectivity index (χ4n) is 4.05. The number of hydrogen-bond acceptors (Lipinski definition) is 5. The van der Waals surface area contributed by atoms with Crippen molar-refractivity contribution in [2.45, 2.75) is 25.6 Å². The third-order valence-corrected chi connectivity index (χ3v) is 6.45. The van der Waals surface area contributed by atoms with Crippen LogP contribution in [-0.4, -0.2) is 36.5 Å². The van der Waals surface area contributed by atoms with Gasteiger partial charge in [-0.05, 0) is 73.2 Å². The number of nitrogens with zero attached hydrogens (tertiary/aromatic N) is 1. The lowest BCUT2D eigenvalue weighted by Crippen LogP contribution is -2.51. The molecule has 1 heterocycles. The van der Waals surface area contributed by atoms with Crippen molar-refractivity contribution in [3.63, 3.8) is 0 Å². The predicted molar refractivity (Wildman–Crippen MR) is 150 cm³/mol. The number of rotatable bonds is 10. The second-order valence-corrected chi connectivity index (χ2v) is 9.46. The summed E-state index contributed by atoms with van der Waals surface area (Å²) in [5.41, 5.74) is 3.76. The lowest BCUT2D eigenvalue weighted by molar-refractivity contribution is -0.137. The van der Waals surface area contributed by atoms with Crippen molar-refractivity contribution in [2.24, 2.45) is 0 Å². The smallest absolute Gasteiger partial charge is 0.416 e. The van der Waals surface area contributed by atoms with Crippen molar-refractivity contribution >= 4 is 29.1 Å². The lowest BCUT2D eigenvalue weighted by atomic mass is 10.0. The van der Waals surface area contributed by atoms with Gasteiger partial charge < -0.3 is 14.5 Å². The minimum atomic E-state index is -4.52. The first-order valence-corrected chi connectivity index (χ1v) is 13.0. The van der Waals surface area contributed by atoms with Crippen molar-refractivity contribution in [3.8, 4) is 17.1 Å². The third-order valence-electron chi connectivity index (χ3n) is 6.20. The number of anilines is 1. The summed E-state index contributed by atoms with van der Waals surface area (Å²) in [5, 5.41) is 4.62. The molecular weight excluding hydrogens is 559 g/mol. The average Bonchev–Trinajstić information content (AvgIpc) is 3.47. The van der Waals surface area contributed by atoms with Crippen LogP contribution in [-0.2, 0) is 17.4 Å². The number of halogens is 4. The molecule has 4 rings (SSSR count). The molecule has 1 unspecified atom stereocenters. The van der Waals surface area contributed by atoms with Crippen molar-refractivity contribution in [1.29, 1.82) is 0 Å². The number of ether oxygens (including phenoxy) is 1. The van der Waals surface area contributed by atoms with Gasteiger partial charge in [0.05, 0.1) is 18.4 Å². The number of methoxy groups -OCH3 is 1. The topological polar surface area (TPSA) is 83.8 Å². The molecule has 41 heavy (non-hydrogen) atoms. The van der Waals surface area contributed by atoms with Crippen LogP contribution in [0.5, 0.6) is 5.75 Å². The van der Waals surface area contributed by atoms with Gasteiger partial charge in [-0.2, -0.15) is 13.2 Å². The Morgan fingerprint density at radius 3 is 2.34 bits per heavy atom. The molecule has 4 aromatic rings. The molecule has 7 nitrogen and oxygen atoms in total. The number of carbonyl (C=O) groups is 2. The van der Waals surface area contributed by atoms with Gasteiger partial charge >= 0.3 is 6.18 Å². The van der Waals surface area contributed by atoms with Crippen LogP contribution in [0.25, 0.3) is 11.3 Å². The molecule has 0 fully saturated rings. The molecular formula is C30H27ClF3N3O4. The highest BCUT2D eigenvalue weighted by Crippen LogP contribution is 2.32. The van der Waals surface area contributed by atoms with Gasteiger partial charge in [0.15, 0.2) is 5.76 Å². The van der Waals surface area contributed by atoms with Crippen LogP contribution < -0.4 is 15.5 Å². The van der Waals surface area contributed by atoms with E-state index in [2.05, 4.69) is 10.7 Å². The van der Waals surface area contributed by atoms with Gasteiger partial charge in [-0.25, -0.2) is 0 Å². The van der Waals surface area contributed by atoms with Gasteiger partial charge in [-0.3, -0.25) is 20.0 Å². The van der Waals surface area contributed by atoms with Crippen LogP contribution in [0, 0.1) is 0 Å². The number of benzene rings is 3. The van der Waals surface area contributed by atoms with Crippen molar-refractivity contribution in [2.75, 3.05) is 19.1 Å². The highest BCUT2D eigenvalue weighted by molar-refractivity contribution is 6.30. The van der Waals surface area contributed by atoms with E-state index in [-0.39, 0.29) is 30.0 Å². The number of likely N-dealkylation sites (N-methyl/N-ethyl adjacent to an activating group) is 1. The molecule has 0 saturated heterocycles. The fraction of sp³-hybridized carbons (Fsp3) is 0.200. The van der Waals surface area contributed by atoms with Gasteiger partial charge in [0.1, 0.15) is 17.6 Å². The first kappa shape index (κ1) is 29.5. The first-order chi connectivity index (χ1) is 19.6. The van der Waals surface area contributed by atoms with E-state index in [0.29, 0.717) is 16.5 Å². The number of hydrazine groups is 1. The summed E-state index contributed by atoms with van der Waals surface area (Å²) in [6, 6.07) is 20.2. The van der Waals surface area contributed by atoms with Gasteiger partial charge in [0, 0.05) is 23.6 Å². The Hall–Kier alpha value is -4.44. The Labute approximate surface area is 239 Å². The molecule has 1 aromatic heterocycles. The van der Waals surface area contributed by atoms with Crippen molar-refractivity contribution < 1.29 is 31.9 Å². The molecule has 0 spiro atoms.